The quantitative estimate of drug-likeness (QED) is 0.477. The van der Waals surface area contributed by atoms with Gasteiger partial charge >= 0.3 is 5.97 Å². The Kier molecular flexibility index (Phi) is 6.12. The highest BCUT2D eigenvalue weighted by Crippen LogP contribution is 2.30. The first-order valence-electron chi connectivity index (χ1n) is 10.2. The molecule has 0 aliphatic carbocycles. The lowest BCUT2D eigenvalue weighted by atomic mass is 9.97. The van der Waals surface area contributed by atoms with Crippen molar-refractivity contribution in [1.29, 1.82) is 0 Å². The lowest BCUT2D eigenvalue weighted by molar-refractivity contribution is -0.124. The molecule has 0 fully saturated rings. The standard InChI is InChI=1S/C26H22N2O4/c1-28-24(26(31)32-17-22(29)27-16-18-10-4-2-5-11-18)23(19-12-6-3-7-13-19)20-14-8-9-15-21(20)25(28)30/h2-15H,16-17H2,1H3,(H,27,29). The summed E-state index contributed by atoms with van der Waals surface area (Å²) in [6.45, 7) is -0.109. The number of carbonyl (C=O) groups excluding carboxylic acids is 2. The summed E-state index contributed by atoms with van der Waals surface area (Å²) in [5.41, 5.74) is 2.12. The van der Waals surface area contributed by atoms with Crippen LogP contribution < -0.4 is 10.9 Å². The number of hydrogen-bond acceptors (Lipinski definition) is 4. The molecule has 1 aromatic heterocycles. The van der Waals surface area contributed by atoms with E-state index in [9.17, 15) is 14.4 Å². The van der Waals surface area contributed by atoms with Crippen molar-refractivity contribution in [2.75, 3.05) is 6.61 Å². The van der Waals surface area contributed by atoms with Crippen LogP contribution in [0.3, 0.4) is 0 Å². The second-order valence-corrected chi connectivity index (χ2v) is 7.34. The highest BCUT2D eigenvalue weighted by Gasteiger charge is 2.23. The number of hydrogen-bond donors (Lipinski definition) is 1. The van der Waals surface area contributed by atoms with Crippen LogP contribution >= 0.6 is 0 Å². The molecule has 1 N–H and O–H groups in total. The van der Waals surface area contributed by atoms with Crippen LogP contribution in [-0.2, 0) is 23.1 Å². The van der Waals surface area contributed by atoms with Crippen LogP contribution in [0.15, 0.2) is 89.7 Å². The zero-order chi connectivity index (χ0) is 22.5. The van der Waals surface area contributed by atoms with E-state index in [1.165, 1.54) is 11.6 Å². The zero-order valence-electron chi connectivity index (χ0n) is 17.6. The molecule has 4 rings (SSSR count). The number of fused-ring (bicyclic) bond motifs is 1. The Hall–Kier alpha value is -4.19. The fourth-order valence-corrected chi connectivity index (χ4v) is 3.65. The second kappa shape index (κ2) is 9.31. The molecular weight excluding hydrogens is 404 g/mol. The van der Waals surface area contributed by atoms with Gasteiger partial charge in [0.05, 0.1) is 0 Å². The molecule has 1 heterocycles. The van der Waals surface area contributed by atoms with Crippen LogP contribution in [0.2, 0.25) is 0 Å². The van der Waals surface area contributed by atoms with Gasteiger partial charge in [-0.1, -0.05) is 78.9 Å². The lowest BCUT2D eigenvalue weighted by Gasteiger charge is -2.16. The van der Waals surface area contributed by atoms with Gasteiger partial charge in [-0.3, -0.25) is 9.59 Å². The summed E-state index contributed by atoms with van der Waals surface area (Å²) in [7, 11) is 1.54. The van der Waals surface area contributed by atoms with Gasteiger partial charge < -0.3 is 14.6 Å². The second-order valence-electron chi connectivity index (χ2n) is 7.34. The molecule has 6 heteroatoms. The number of aromatic nitrogens is 1. The third kappa shape index (κ3) is 4.30. The van der Waals surface area contributed by atoms with Crippen molar-refractivity contribution in [3.63, 3.8) is 0 Å². The number of nitrogens with one attached hydrogen (secondary N) is 1. The summed E-state index contributed by atoms with van der Waals surface area (Å²) in [5, 5.41) is 3.88. The normalized spacial score (nSPS) is 10.7. The van der Waals surface area contributed by atoms with Gasteiger partial charge in [-0.05, 0) is 22.6 Å². The number of esters is 1. The van der Waals surface area contributed by atoms with Gasteiger partial charge in [-0.2, -0.15) is 0 Å². The van der Waals surface area contributed by atoms with Gasteiger partial charge in [0.2, 0.25) is 0 Å². The van der Waals surface area contributed by atoms with E-state index in [0.717, 1.165) is 11.1 Å². The Morgan fingerprint density at radius 3 is 2.12 bits per heavy atom. The SMILES string of the molecule is Cn1c(C(=O)OCC(=O)NCc2ccccc2)c(-c2ccccc2)c2ccccc2c1=O. The molecule has 0 atom stereocenters. The number of pyridine rings is 1. The van der Waals surface area contributed by atoms with E-state index in [1.807, 2.05) is 72.8 Å². The maximum absolute atomic E-state index is 13.1. The fraction of sp³-hybridized carbons (Fsp3) is 0.115. The Morgan fingerprint density at radius 1 is 0.844 bits per heavy atom. The summed E-state index contributed by atoms with van der Waals surface area (Å²) in [4.78, 5) is 38.2. The summed E-state index contributed by atoms with van der Waals surface area (Å²) >= 11 is 0. The smallest absolute Gasteiger partial charge is 0.356 e. The van der Waals surface area contributed by atoms with Crippen molar-refractivity contribution >= 4 is 22.6 Å². The highest BCUT2D eigenvalue weighted by molar-refractivity contribution is 6.06. The van der Waals surface area contributed by atoms with Crippen LogP contribution in [0, 0.1) is 0 Å². The summed E-state index contributed by atoms with van der Waals surface area (Å²) in [6.07, 6.45) is 0. The van der Waals surface area contributed by atoms with Gasteiger partial charge in [-0.25, -0.2) is 4.79 Å². The van der Waals surface area contributed by atoms with Gasteiger partial charge in [0.25, 0.3) is 11.5 Å². The fourth-order valence-electron chi connectivity index (χ4n) is 3.65. The summed E-state index contributed by atoms with van der Waals surface area (Å²) in [6, 6.07) is 25.9. The predicted octanol–water partition coefficient (Wildman–Crippen LogP) is 3.68. The topological polar surface area (TPSA) is 77.4 Å². The maximum Gasteiger partial charge on any atom is 0.356 e. The molecule has 4 aromatic rings. The molecule has 6 nitrogen and oxygen atoms in total. The van der Waals surface area contributed by atoms with Crippen LogP contribution in [0.25, 0.3) is 21.9 Å². The van der Waals surface area contributed by atoms with Gasteiger partial charge in [0.15, 0.2) is 6.61 Å². The summed E-state index contributed by atoms with van der Waals surface area (Å²) in [5.74, 6) is -1.15. The third-order valence-electron chi connectivity index (χ3n) is 5.23. The van der Waals surface area contributed by atoms with E-state index >= 15 is 0 Å². The Morgan fingerprint density at radius 2 is 1.44 bits per heavy atom. The predicted molar refractivity (Wildman–Crippen MR) is 123 cm³/mol. The first-order chi connectivity index (χ1) is 15.6. The van der Waals surface area contributed by atoms with E-state index < -0.39 is 18.5 Å². The minimum absolute atomic E-state index is 0.107. The van der Waals surface area contributed by atoms with Crippen molar-refractivity contribution in [3.8, 4) is 11.1 Å². The maximum atomic E-state index is 13.1. The highest BCUT2D eigenvalue weighted by atomic mass is 16.5. The molecule has 0 saturated carbocycles. The van der Waals surface area contributed by atoms with Gasteiger partial charge in [0, 0.05) is 24.5 Å². The molecule has 0 aliphatic rings. The van der Waals surface area contributed by atoms with Crippen LogP contribution in [0.1, 0.15) is 16.1 Å². The molecule has 0 unspecified atom stereocenters. The monoisotopic (exact) mass is 426 g/mol. The first kappa shape index (κ1) is 21.1. The molecule has 3 aromatic carbocycles. The van der Waals surface area contributed by atoms with E-state index in [4.69, 9.17) is 4.74 Å². The molecular formula is C26H22N2O4. The Bertz CT molecular complexity index is 1330. The van der Waals surface area contributed by atoms with Crippen LogP contribution in [0.5, 0.6) is 0 Å². The number of nitrogens with zero attached hydrogens (tertiary/aromatic N) is 1. The Labute approximate surface area is 185 Å². The number of carbonyl (C=O) groups is 2. The lowest BCUT2D eigenvalue weighted by Crippen LogP contribution is -2.30. The van der Waals surface area contributed by atoms with E-state index in [2.05, 4.69) is 5.32 Å². The molecule has 1 amide bonds. The van der Waals surface area contributed by atoms with Crippen molar-refractivity contribution in [3.05, 3.63) is 107 Å². The van der Waals surface area contributed by atoms with Crippen LogP contribution in [-0.4, -0.2) is 23.1 Å². The largest absolute Gasteiger partial charge is 0.451 e. The number of amides is 1. The average Bonchev–Trinajstić information content (AvgIpc) is 2.84. The molecule has 0 aliphatic heterocycles. The minimum atomic E-state index is -0.732. The molecule has 0 saturated heterocycles. The van der Waals surface area contributed by atoms with E-state index in [-0.39, 0.29) is 11.3 Å². The van der Waals surface area contributed by atoms with Gasteiger partial charge in [0.1, 0.15) is 5.69 Å². The van der Waals surface area contributed by atoms with Crippen molar-refractivity contribution in [1.82, 2.24) is 9.88 Å². The van der Waals surface area contributed by atoms with Crippen molar-refractivity contribution < 1.29 is 14.3 Å². The third-order valence-corrected chi connectivity index (χ3v) is 5.23. The number of ether oxygens (including phenoxy) is 1. The number of benzene rings is 3. The molecule has 0 bridgehead atoms. The minimum Gasteiger partial charge on any atom is -0.451 e. The van der Waals surface area contributed by atoms with Crippen LogP contribution in [0.4, 0.5) is 0 Å². The molecule has 160 valence electrons. The molecule has 32 heavy (non-hydrogen) atoms. The Balaban J connectivity index is 1.63. The van der Waals surface area contributed by atoms with E-state index in [1.54, 1.807) is 12.1 Å². The molecule has 0 radical (unpaired) electrons. The summed E-state index contributed by atoms with van der Waals surface area (Å²) < 4.78 is 6.60. The van der Waals surface area contributed by atoms with Crippen molar-refractivity contribution in [2.45, 2.75) is 6.54 Å². The number of rotatable bonds is 6. The average molecular weight is 426 g/mol. The zero-order valence-corrected chi connectivity index (χ0v) is 17.6. The van der Waals surface area contributed by atoms with Crippen molar-refractivity contribution in [2.24, 2.45) is 7.05 Å². The van der Waals surface area contributed by atoms with E-state index in [0.29, 0.717) is 22.9 Å². The first-order valence-corrected chi connectivity index (χ1v) is 10.2. The van der Waals surface area contributed by atoms with Gasteiger partial charge in [-0.15, -0.1) is 0 Å². The molecule has 0 spiro atoms.